The Balaban J connectivity index is 1.12. The van der Waals surface area contributed by atoms with Gasteiger partial charge in [-0.15, -0.1) is 0 Å². The van der Waals surface area contributed by atoms with Gasteiger partial charge in [0.15, 0.2) is 0 Å². The third-order valence-corrected chi connectivity index (χ3v) is 9.76. The number of phenolic OH excluding ortho intramolecular Hbond substituents is 1. The number of phenols is 1. The number of aliphatic hydroxyl groups is 1. The van der Waals surface area contributed by atoms with Gasteiger partial charge in [-0.2, -0.15) is 18.3 Å². The number of benzene rings is 1. The number of aromatic hydroxyl groups is 1. The molecule has 1 saturated carbocycles. The normalized spacial score (nSPS) is 31.9. The molecular weight excluding hydrogens is 507 g/mol. The average molecular weight is 548 g/mol. The molecule has 0 bridgehead atoms. The number of allylic oxidation sites excluding steroid dienone is 1. The van der Waals surface area contributed by atoms with Crippen LogP contribution in [0.25, 0.3) is 0 Å². The van der Waals surface area contributed by atoms with Crippen LogP contribution in [0.3, 0.4) is 0 Å². The SMILES string of the molecule is CC1=C2CCCN(C3CCCN(C4CCN(C5CC(O)C5)CC4)C3)C2NN=C1c1ccc(C(F)(F)F)cc1O. The van der Waals surface area contributed by atoms with Crippen molar-refractivity contribution in [1.29, 1.82) is 0 Å². The molecule has 4 fully saturated rings. The minimum Gasteiger partial charge on any atom is -0.507 e. The molecule has 214 valence electrons. The predicted molar refractivity (Wildman–Crippen MR) is 143 cm³/mol. The van der Waals surface area contributed by atoms with Crippen molar-refractivity contribution in [1.82, 2.24) is 20.1 Å². The number of nitrogens with one attached hydrogen (secondary N) is 1. The van der Waals surface area contributed by atoms with Crippen LogP contribution in [-0.2, 0) is 6.18 Å². The molecule has 3 N–H and O–H groups in total. The third-order valence-electron chi connectivity index (χ3n) is 9.76. The Morgan fingerprint density at radius 3 is 2.41 bits per heavy atom. The van der Waals surface area contributed by atoms with E-state index in [1.807, 2.05) is 6.92 Å². The molecule has 7 nitrogen and oxygen atoms in total. The minimum absolute atomic E-state index is 0.0177. The Hall–Kier alpha value is -2.14. The number of fused-ring (bicyclic) bond motifs is 1. The van der Waals surface area contributed by atoms with Crippen LogP contribution in [0.5, 0.6) is 5.75 Å². The van der Waals surface area contributed by atoms with Gasteiger partial charge in [-0.3, -0.25) is 15.2 Å². The molecule has 0 spiro atoms. The summed E-state index contributed by atoms with van der Waals surface area (Å²) < 4.78 is 39.3. The van der Waals surface area contributed by atoms with E-state index in [-0.39, 0.29) is 12.3 Å². The zero-order valence-electron chi connectivity index (χ0n) is 22.6. The topological polar surface area (TPSA) is 74.6 Å². The monoisotopic (exact) mass is 547 g/mol. The van der Waals surface area contributed by atoms with E-state index in [0.717, 1.165) is 82.5 Å². The molecule has 2 unspecified atom stereocenters. The van der Waals surface area contributed by atoms with Gasteiger partial charge in [0.1, 0.15) is 11.9 Å². The van der Waals surface area contributed by atoms with Crippen LogP contribution in [0.15, 0.2) is 34.4 Å². The summed E-state index contributed by atoms with van der Waals surface area (Å²) in [4.78, 5) is 7.82. The Morgan fingerprint density at radius 1 is 0.949 bits per heavy atom. The van der Waals surface area contributed by atoms with Gasteiger partial charge in [0.2, 0.25) is 0 Å². The van der Waals surface area contributed by atoms with Crippen LogP contribution in [0.2, 0.25) is 0 Å². The predicted octanol–water partition coefficient (Wildman–Crippen LogP) is 3.91. The second-order valence-corrected chi connectivity index (χ2v) is 12.1. The summed E-state index contributed by atoms with van der Waals surface area (Å²) in [5, 5.41) is 24.7. The zero-order chi connectivity index (χ0) is 27.3. The van der Waals surface area contributed by atoms with Crippen LogP contribution in [0.4, 0.5) is 13.2 Å². The second kappa shape index (κ2) is 10.7. The van der Waals surface area contributed by atoms with E-state index < -0.39 is 17.5 Å². The van der Waals surface area contributed by atoms with Gasteiger partial charge in [-0.1, -0.05) is 0 Å². The average Bonchev–Trinajstić information content (AvgIpc) is 2.91. The first-order valence-electron chi connectivity index (χ1n) is 14.5. The van der Waals surface area contributed by atoms with Gasteiger partial charge in [-0.25, -0.2) is 0 Å². The van der Waals surface area contributed by atoms with E-state index in [9.17, 15) is 23.4 Å². The van der Waals surface area contributed by atoms with Crippen LogP contribution >= 0.6 is 0 Å². The van der Waals surface area contributed by atoms with Gasteiger partial charge in [0, 0.05) is 36.8 Å². The zero-order valence-corrected chi connectivity index (χ0v) is 22.6. The molecular formula is C29H40F3N5O2. The lowest BCUT2D eigenvalue weighted by molar-refractivity contribution is -0.137. The van der Waals surface area contributed by atoms with Crippen molar-refractivity contribution in [2.75, 3.05) is 32.7 Å². The molecule has 2 atom stereocenters. The molecule has 0 amide bonds. The molecule has 0 aromatic heterocycles. The number of alkyl halides is 3. The number of likely N-dealkylation sites (tertiary alicyclic amines) is 3. The highest BCUT2D eigenvalue weighted by Crippen LogP contribution is 2.37. The number of nitrogens with zero attached hydrogens (tertiary/aromatic N) is 4. The maximum atomic E-state index is 13.1. The molecule has 1 aromatic rings. The molecule has 5 aliphatic rings. The fraction of sp³-hybridized carbons (Fsp3) is 0.690. The number of rotatable bonds is 4. The van der Waals surface area contributed by atoms with Gasteiger partial charge in [0.25, 0.3) is 0 Å². The van der Waals surface area contributed by atoms with Crippen LogP contribution in [-0.4, -0.2) is 93.7 Å². The maximum Gasteiger partial charge on any atom is 0.416 e. The number of hydrazone groups is 1. The Bertz CT molecular complexity index is 1120. The number of aliphatic hydroxyl groups excluding tert-OH is 1. The number of piperidine rings is 3. The molecule has 3 saturated heterocycles. The fourth-order valence-electron chi connectivity index (χ4n) is 7.45. The van der Waals surface area contributed by atoms with Gasteiger partial charge in [-0.05, 0) is 107 Å². The number of halogens is 3. The van der Waals surface area contributed by atoms with E-state index in [0.29, 0.717) is 29.4 Å². The smallest absolute Gasteiger partial charge is 0.416 e. The lowest BCUT2D eigenvalue weighted by atomic mass is 9.86. The minimum atomic E-state index is -4.50. The highest BCUT2D eigenvalue weighted by molar-refractivity contribution is 6.14. The van der Waals surface area contributed by atoms with Crippen molar-refractivity contribution in [3.05, 3.63) is 40.5 Å². The summed E-state index contributed by atoms with van der Waals surface area (Å²) in [6, 6.07) is 4.72. The molecule has 1 aliphatic carbocycles. The van der Waals surface area contributed by atoms with E-state index in [1.54, 1.807) is 0 Å². The molecule has 4 heterocycles. The van der Waals surface area contributed by atoms with E-state index >= 15 is 0 Å². The standard InChI is InChI=1S/C29H40F3N5O2/c1-18-24-5-3-11-37(28(24)34-33-27(18)25-7-6-19(14-26(25)39)29(30,31)32)21-4-2-10-36(17-21)20-8-12-35(13-9-20)22-15-23(38)16-22/h6-7,14,20-23,28,34,38-39H,2-5,8-13,15-17H2,1H3. The van der Waals surface area contributed by atoms with Crippen LogP contribution < -0.4 is 5.43 Å². The van der Waals surface area contributed by atoms with Gasteiger partial charge in [0.05, 0.1) is 17.4 Å². The fourth-order valence-corrected chi connectivity index (χ4v) is 7.45. The van der Waals surface area contributed by atoms with Crippen molar-refractivity contribution < 1.29 is 23.4 Å². The summed E-state index contributed by atoms with van der Waals surface area (Å²) in [5.41, 5.74) is 5.47. The van der Waals surface area contributed by atoms with Crippen molar-refractivity contribution in [2.45, 2.75) is 94.9 Å². The molecule has 39 heavy (non-hydrogen) atoms. The summed E-state index contributed by atoms with van der Waals surface area (Å²) in [6.07, 6.45) is 3.87. The highest BCUT2D eigenvalue weighted by atomic mass is 19.4. The van der Waals surface area contributed by atoms with E-state index in [4.69, 9.17) is 0 Å². The summed E-state index contributed by atoms with van der Waals surface area (Å²) in [6.45, 7) is 7.41. The molecule has 6 rings (SSSR count). The molecule has 0 radical (unpaired) electrons. The molecule has 1 aromatic carbocycles. The number of hydrogen-bond donors (Lipinski definition) is 3. The van der Waals surface area contributed by atoms with Crippen LogP contribution in [0.1, 0.15) is 69.4 Å². The first kappa shape index (κ1) is 27.1. The lowest BCUT2D eigenvalue weighted by Crippen LogP contribution is -2.60. The number of hydrogen-bond acceptors (Lipinski definition) is 7. The Labute approximate surface area is 228 Å². The van der Waals surface area contributed by atoms with Crippen molar-refractivity contribution in [3.8, 4) is 5.75 Å². The third kappa shape index (κ3) is 5.33. The van der Waals surface area contributed by atoms with E-state index in [1.165, 1.54) is 30.9 Å². The van der Waals surface area contributed by atoms with E-state index in [2.05, 4.69) is 25.2 Å². The lowest BCUT2D eigenvalue weighted by Gasteiger charge is -2.50. The van der Waals surface area contributed by atoms with Crippen LogP contribution in [0, 0.1) is 0 Å². The Morgan fingerprint density at radius 2 is 1.72 bits per heavy atom. The summed E-state index contributed by atoms with van der Waals surface area (Å²) in [5.74, 6) is -0.404. The first-order chi connectivity index (χ1) is 18.7. The molecule has 4 aliphatic heterocycles. The van der Waals surface area contributed by atoms with Gasteiger partial charge < -0.3 is 15.1 Å². The maximum absolute atomic E-state index is 13.1. The quantitative estimate of drug-likeness (QED) is 0.531. The van der Waals surface area contributed by atoms with Crippen molar-refractivity contribution in [2.24, 2.45) is 5.10 Å². The summed E-state index contributed by atoms with van der Waals surface area (Å²) in [7, 11) is 0. The highest BCUT2D eigenvalue weighted by Gasteiger charge is 2.40. The first-order valence-corrected chi connectivity index (χ1v) is 14.5. The largest absolute Gasteiger partial charge is 0.507 e. The van der Waals surface area contributed by atoms with Crippen molar-refractivity contribution >= 4 is 5.71 Å². The Kier molecular flexibility index (Phi) is 7.41. The van der Waals surface area contributed by atoms with Gasteiger partial charge >= 0.3 is 6.18 Å². The second-order valence-electron chi connectivity index (χ2n) is 12.1. The van der Waals surface area contributed by atoms with Crippen molar-refractivity contribution in [3.63, 3.8) is 0 Å². The summed E-state index contributed by atoms with van der Waals surface area (Å²) >= 11 is 0. The molecule has 10 heteroatoms.